The van der Waals surface area contributed by atoms with Crippen molar-refractivity contribution in [3.63, 3.8) is 0 Å². The van der Waals surface area contributed by atoms with Crippen LogP contribution in [0.1, 0.15) is 52.0 Å². The molecule has 0 spiro atoms. The Bertz CT molecular complexity index is 766. The summed E-state index contributed by atoms with van der Waals surface area (Å²) in [6.07, 6.45) is 9.82. The van der Waals surface area contributed by atoms with Crippen LogP contribution < -0.4 is 0 Å². The standard InChI is InChI=1S/C20H25N3O3/c1-20(2,3)26-19(24)10-9-16-8-7-15(14-21-16)17-11-12-22-23(17)18-6-4-5-13-25-18/h7-12,14,18H,4-6,13H2,1-3H3. The van der Waals surface area contributed by atoms with Gasteiger partial charge in [-0.05, 0) is 64.3 Å². The molecule has 0 N–H and O–H groups in total. The van der Waals surface area contributed by atoms with Crippen molar-refractivity contribution in [2.75, 3.05) is 6.61 Å². The molecule has 1 aliphatic rings. The molecule has 6 heteroatoms. The second-order valence-electron chi connectivity index (χ2n) is 7.32. The van der Waals surface area contributed by atoms with Gasteiger partial charge in [0.05, 0.1) is 11.4 Å². The Kier molecular flexibility index (Phi) is 5.52. The lowest BCUT2D eigenvalue weighted by molar-refractivity contribution is -0.148. The van der Waals surface area contributed by atoms with Gasteiger partial charge in [-0.25, -0.2) is 9.48 Å². The second kappa shape index (κ2) is 7.83. The molecule has 1 saturated heterocycles. The van der Waals surface area contributed by atoms with Gasteiger partial charge < -0.3 is 9.47 Å². The molecule has 0 bridgehead atoms. The molecule has 2 aromatic heterocycles. The summed E-state index contributed by atoms with van der Waals surface area (Å²) in [5.41, 5.74) is 2.14. The summed E-state index contributed by atoms with van der Waals surface area (Å²) >= 11 is 0. The quantitative estimate of drug-likeness (QED) is 0.613. The molecule has 26 heavy (non-hydrogen) atoms. The van der Waals surface area contributed by atoms with Crippen molar-refractivity contribution in [2.24, 2.45) is 0 Å². The first-order valence-electron chi connectivity index (χ1n) is 8.95. The van der Waals surface area contributed by atoms with Gasteiger partial charge in [0.15, 0.2) is 6.23 Å². The normalized spacial score (nSPS) is 18.2. The average Bonchev–Trinajstić information content (AvgIpc) is 3.09. The zero-order valence-corrected chi connectivity index (χ0v) is 15.5. The van der Waals surface area contributed by atoms with Gasteiger partial charge >= 0.3 is 5.97 Å². The molecule has 0 aliphatic carbocycles. The SMILES string of the molecule is CC(C)(C)OC(=O)C=Cc1ccc(-c2ccnn2C2CCCCO2)cn1. The minimum atomic E-state index is -0.502. The van der Waals surface area contributed by atoms with Crippen LogP contribution in [0.3, 0.4) is 0 Å². The highest BCUT2D eigenvalue weighted by Gasteiger charge is 2.19. The van der Waals surface area contributed by atoms with Gasteiger partial charge in [-0.3, -0.25) is 4.98 Å². The summed E-state index contributed by atoms with van der Waals surface area (Å²) in [7, 11) is 0. The minimum Gasteiger partial charge on any atom is -0.457 e. The zero-order valence-electron chi connectivity index (χ0n) is 15.5. The van der Waals surface area contributed by atoms with Crippen molar-refractivity contribution in [1.29, 1.82) is 0 Å². The summed E-state index contributed by atoms with van der Waals surface area (Å²) in [5, 5.41) is 4.42. The minimum absolute atomic E-state index is 0.0134. The van der Waals surface area contributed by atoms with Gasteiger partial charge in [0.1, 0.15) is 5.60 Å². The predicted octanol–water partition coefficient (Wildman–Crippen LogP) is 4.00. The number of nitrogens with zero attached hydrogens (tertiary/aromatic N) is 3. The van der Waals surface area contributed by atoms with Crippen molar-refractivity contribution >= 4 is 12.0 Å². The van der Waals surface area contributed by atoms with Crippen LogP contribution in [0.5, 0.6) is 0 Å². The molecule has 138 valence electrons. The number of carbonyl (C=O) groups is 1. The first kappa shape index (κ1) is 18.3. The number of ether oxygens (including phenoxy) is 2. The van der Waals surface area contributed by atoms with E-state index < -0.39 is 5.60 Å². The molecule has 0 saturated carbocycles. The molecule has 3 rings (SSSR count). The van der Waals surface area contributed by atoms with Crippen LogP contribution in [0.4, 0.5) is 0 Å². The van der Waals surface area contributed by atoms with Crippen molar-refractivity contribution in [3.8, 4) is 11.3 Å². The molecule has 1 aliphatic heterocycles. The largest absolute Gasteiger partial charge is 0.457 e. The highest BCUT2D eigenvalue weighted by atomic mass is 16.6. The maximum absolute atomic E-state index is 11.7. The predicted molar refractivity (Wildman–Crippen MR) is 99.2 cm³/mol. The fourth-order valence-corrected chi connectivity index (χ4v) is 2.83. The number of hydrogen-bond acceptors (Lipinski definition) is 5. The molecular weight excluding hydrogens is 330 g/mol. The van der Waals surface area contributed by atoms with Gasteiger partial charge in [0, 0.05) is 30.6 Å². The summed E-state index contributed by atoms with van der Waals surface area (Å²) in [4.78, 5) is 16.2. The van der Waals surface area contributed by atoms with E-state index >= 15 is 0 Å². The number of aromatic nitrogens is 3. The first-order valence-corrected chi connectivity index (χ1v) is 8.95. The molecule has 0 radical (unpaired) electrons. The van der Waals surface area contributed by atoms with Crippen molar-refractivity contribution < 1.29 is 14.3 Å². The topological polar surface area (TPSA) is 66.2 Å². The van der Waals surface area contributed by atoms with Gasteiger partial charge in [-0.1, -0.05) is 0 Å². The summed E-state index contributed by atoms with van der Waals surface area (Å²) in [6.45, 7) is 6.29. The molecule has 1 unspecified atom stereocenters. The Morgan fingerprint density at radius 1 is 1.31 bits per heavy atom. The van der Waals surface area contributed by atoms with Crippen LogP contribution >= 0.6 is 0 Å². The Hall–Kier alpha value is -2.47. The monoisotopic (exact) mass is 355 g/mol. The van der Waals surface area contributed by atoms with Crippen molar-refractivity contribution in [3.05, 3.63) is 42.4 Å². The zero-order chi connectivity index (χ0) is 18.6. The third kappa shape index (κ3) is 4.79. The van der Waals surface area contributed by atoms with E-state index in [1.165, 1.54) is 6.08 Å². The lowest BCUT2D eigenvalue weighted by Gasteiger charge is -2.24. The fourth-order valence-electron chi connectivity index (χ4n) is 2.83. The number of pyridine rings is 1. The molecule has 3 heterocycles. The summed E-state index contributed by atoms with van der Waals surface area (Å²) in [6, 6.07) is 5.80. The number of esters is 1. The first-order chi connectivity index (χ1) is 12.4. The third-order valence-electron chi connectivity index (χ3n) is 3.98. The van der Waals surface area contributed by atoms with E-state index in [9.17, 15) is 4.79 Å². The van der Waals surface area contributed by atoms with Crippen LogP contribution in [0.2, 0.25) is 0 Å². The number of hydrogen-bond donors (Lipinski definition) is 0. The smallest absolute Gasteiger partial charge is 0.331 e. The van der Waals surface area contributed by atoms with Crippen LogP contribution in [0.25, 0.3) is 17.3 Å². The van der Waals surface area contributed by atoms with E-state index in [2.05, 4.69) is 10.1 Å². The van der Waals surface area contributed by atoms with Crippen LogP contribution in [-0.4, -0.2) is 32.9 Å². The number of rotatable bonds is 4. The third-order valence-corrected chi connectivity index (χ3v) is 3.98. The van der Waals surface area contributed by atoms with Crippen LogP contribution in [-0.2, 0) is 14.3 Å². The van der Waals surface area contributed by atoms with E-state index in [4.69, 9.17) is 9.47 Å². The Balaban J connectivity index is 1.70. The molecule has 0 aromatic carbocycles. The lowest BCUT2D eigenvalue weighted by Crippen LogP contribution is -2.22. The van der Waals surface area contributed by atoms with Gasteiger partial charge in [0.2, 0.25) is 0 Å². The molecule has 6 nitrogen and oxygen atoms in total. The Morgan fingerprint density at radius 2 is 2.15 bits per heavy atom. The van der Waals surface area contributed by atoms with Gasteiger partial charge in [-0.2, -0.15) is 5.10 Å². The Labute approximate surface area is 153 Å². The van der Waals surface area contributed by atoms with E-state index in [-0.39, 0.29) is 12.2 Å². The van der Waals surface area contributed by atoms with Crippen LogP contribution in [0, 0.1) is 0 Å². The van der Waals surface area contributed by atoms with Crippen LogP contribution in [0.15, 0.2) is 36.7 Å². The molecule has 1 fully saturated rings. The second-order valence-corrected chi connectivity index (χ2v) is 7.32. The summed E-state index contributed by atoms with van der Waals surface area (Å²) < 4.78 is 13.0. The van der Waals surface area contributed by atoms with Crippen molar-refractivity contribution in [2.45, 2.75) is 51.9 Å². The molecule has 1 atom stereocenters. The maximum atomic E-state index is 11.7. The number of carbonyl (C=O) groups excluding carboxylic acids is 1. The Morgan fingerprint density at radius 3 is 2.81 bits per heavy atom. The average molecular weight is 355 g/mol. The highest BCUT2D eigenvalue weighted by molar-refractivity contribution is 5.87. The maximum Gasteiger partial charge on any atom is 0.331 e. The van der Waals surface area contributed by atoms with Crippen molar-refractivity contribution in [1.82, 2.24) is 14.8 Å². The summed E-state index contributed by atoms with van der Waals surface area (Å²) in [5.74, 6) is -0.379. The van der Waals surface area contributed by atoms with E-state index in [1.807, 2.05) is 43.7 Å². The molecule has 2 aromatic rings. The van der Waals surface area contributed by atoms with E-state index in [1.54, 1.807) is 18.5 Å². The lowest BCUT2D eigenvalue weighted by atomic mass is 10.1. The van der Waals surface area contributed by atoms with Gasteiger partial charge in [0.25, 0.3) is 0 Å². The molecular formula is C20H25N3O3. The van der Waals surface area contributed by atoms with E-state index in [0.29, 0.717) is 5.69 Å². The van der Waals surface area contributed by atoms with E-state index in [0.717, 1.165) is 37.1 Å². The molecule has 0 amide bonds. The fraction of sp³-hybridized carbons (Fsp3) is 0.450. The highest BCUT2D eigenvalue weighted by Crippen LogP contribution is 2.28. The van der Waals surface area contributed by atoms with Gasteiger partial charge in [-0.15, -0.1) is 0 Å².